The van der Waals surface area contributed by atoms with Crippen molar-refractivity contribution < 1.29 is 0 Å². The van der Waals surface area contributed by atoms with Crippen LogP contribution >= 0.6 is 0 Å². The second-order valence-electron chi connectivity index (χ2n) is 16.7. The molecule has 0 saturated heterocycles. The predicted octanol–water partition coefficient (Wildman–Crippen LogP) is 15.4. The van der Waals surface area contributed by atoms with Crippen molar-refractivity contribution in [2.24, 2.45) is 0 Å². The highest BCUT2D eigenvalue weighted by molar-refractivity contribution is 6.15. The Balaban J connectivity index is 1.28. The van der Waals surface area contributed by atoms with E-state index in [4.69, 9.17) is 15.0 Å². The van der Waals surface area contributed by atoms with Crippen molar-refractivity contribution in [3.63, 3.8) is 0 Å². The Morgan fingerprint density at radius 2 is 1.16 bits per heavy atom. The zero-order chi connectivity index (χ0) is 41.8. The number of allylic oxidation sites excluding steroid dienone is 4. The van der Waals surface area contributed by atoms with Crippen LogP contribution < -0.4 is 4.90 Å². The van der Waals surface area contributed by atoms with Crippen LogP contribution in [0.1, 0.15) is 108 Å². The summed E-state index contributed by atoms with van der Waals surface area (Å²) in [6.07, 6.45) is 25.9. The maximum absolute atomic E-state index is 5.43. The van der Waals surface area contributed by atoms with Gasteiger partial charge in [-0.1, -0.05) is 194 Å². The van der Waals surface area contributed by atoms with Gasteiger partial charge >= 0.3 is 0 Å². The minimum Gasteiger partial charge on any atom is -0.307 e. The summed E-state index contributed by atoms with van der Waals surface area (Å²) in [4.78, 5) is 18.5. The van der Waals surface area contributed by atoms with Crippen molar-refractivity contribution in [1.29, 1.82) is 0 Å². The average Bonchev–Trinajstić information content (AvgIpc) is 3.67. The SMILES string of the molecule is C=C1/C=C\C=C/CN(c2nc(-c3cccc(CCCCCCCC)c3)nc(-c3cccc(CCCCCCCC)c3)n2)c2c1ccc1c3ccccc3n(-c3ccccc3)c21. The van der Waals surface area contributed by atoms with Gasteiger partial charge < -0.3 is 9.47 Å². The van der Waals surface area contributed by atoms with Gasteiger partial charge in [-0.3, -0.25) is 0 Å². The molecule has 3 heterocycles. The Bertz CT molecular complexity index is 2550. The number of aromatic nitrogens is 4. The Labute approximate surface area is 363 Å². The fraction of sp³-hybridized carbons (Fsp3) is 0.304. The third kappa shape index (κ3) is 9.78. The summed E-state index contributed by atoms with van der Waals surface area (Å²) in [6.45, 7) is 9.73. The number of unbranched alkanes of at least 4 members (excludes halogenated alkanes) is 10. The van der Waals surface area contributed by atoms with E-state index in [1.54, 1.807) is 0 Å². The second kappa shape index (κ2) is 20.5. The lowest BCUT2D eigenvalue weighted by Crippen LogP contribution is -2.23. The van der Waals surface area contributed by atoms with Gasteiger partial charge in [0.2, 0.25) is 5.95 Å². The zero-order valence-corrected chi connectivity index (χ0v) is 36.3. The summed E-state index contributed by atoms with van der Waals surface area (Å²) in [7, 11) is 0. The molecule has 61 heavy (non-hydrogen) atoms. The van der Waals surface area contributed by atoms with Crippen molar-refractivity contribution in [1.82, 2.24) is 19.5 Å². The fourth-order valence-corrected chi connectivity index (χ4v) is 8.89. The smallest absolute Gasteiger partial charge is 0.234 e. The first-order valence-electron chi connectivity index (χ1n) is 23.0. The number of benzene rings is 5. The molecule has 0 bridgehead atoms. The van der Waals surface area contributed by atoms with Gasteiger partial charge in [0.15, 0.2) is 11.6 Å². The molecule has 1 aliphatic rings. The summed E-state index contributed by atoms with van der Waals surface area (Å²) in [5.41, 5.74) is 11.0. The first-order chi connectivity index (χ1) is 30.1. The molecule has 0 unspecified atom stereocenters. The van der Waals surface area contributed by atoms with Crippen LogP contribution in [-0.4, -0.2) is 26.1 Å². The Morgan fingerprint density at radius 1 is 0.557 bits per heavy atom. The number of nitrogens with zero attached hydrogens (tertiary/aromatic N) is 5. The molecule has 0 N–H and O–H groups in total. The number of anilines is 2. The maximum Gasteiger partial charge on any atom is 0.234 e. The highest BCUT2D eigenvalue weighted by atomic mass is 15.3. The lowest BCUT2D eigenvalue weighted by molar-refractivity contribution is 0.607. The fourth-order valence-electron chi connectivity index (χ4n) is 8.89. The standard InChI is InChI=1S/C56H61N5/c1-4-6-8-10-12-17-27-43-29-24-31-45(40-43)54-57-55(46-32-25-30-44(41-46)28-18-13-11-9-7-5-2)59-56(58-54)60-39-23-15-16-26-42(3)48-37-38-50-49-35-21-22-36-51(49)61(53(50)52(48)60)47-33-19-14-20-34-47/h14-16,19-26,29-38,40-41H,3-13,17-18,27-28,39H2,1-2H3/b23-15-,26-16-. The van der Waals surface area contributed by atoms with E-state index in [0.717, 1.165) is 57.5 Å². The van der Waals surface area contributed by atoms with Gasteiger partial charge in [0.05, 0.1) is 16.7 Å². The molecule has 0 atom stereocenters. The van der Waals surface area contributed by atoms with Crippen LogP contribution in [0.3, 0.4) is 0 Å². The predicted molar refractivity (Wildman–Crippen MR) is 260 cm³/mol. The summed E-state index contributed by atoms with van der Waals surface area (Å²) in [5, 5.41) is 2.37. The van der Waals surface area contributed by atoms with Crippen LogP contribution in [0.2, 0.25) is 0 Å². The number of rotatable bonds is 18. The highest BCUT2D eigenvalue weighted by Crippen LogP contribution is 2.44. The van der Waals surface area contributed by atoms with Crippen LogP contribution in [0.15, 0.2) is 146 Å². The van der Waals surface area contributed by atoms with Gasteiger partial charge in [-0.2, -0.15) is 9.97 Å². The third-order valence-electron chi connectivity index (χ3n) is 12.1. The Kier molecular flexibility index (Phi) is 14.0. The minimum absolute atomic E-state index is 0.555. The van der Waals surface area contributed by atoms with Crippen LogP contribution in [0, 0.1) is 0 Å². The topological polar surface area (TPSA) is 46.8 Å². The summed E-state index contributed by atoms with van der Waals surface area (Å²) in [6, 6.07) is 41.6. The molecule has 5 heteroatoms. The maximum atomic E-state index is 5.43. The van der Waals surface area contributed by atoms with Crippen LogP contribution in [-0.2, 0) is 12.8 Å². The van der Waals surface area contributed by atoms with Crippen molar-refractivity contribution >= 4 is 39.0 Å². The Morgan fingerprint density at radius 3 is 1.82 bits per heavy atom. The summed E-state index contributed by atoms with van der Waals surface area (Å²) in [5.74, 6) is 1.98. The summed E-state index contributed by atoms with van der Waals surface area (Å²) >= 11 is 0. The van der Waals surface area contributed by atoms with E-state index in [0.29, 0.717) is 24.1 Å². The molecule has 7 aromatic rings. The van der Waals surface area contributed by atoms with Gasteiger partial charge in [-0.25, -0.2) is 4.98 Å². The number of fused-ring (bicyclic) bond motifs is 5. The first kappa shape index (κ1) is 41.7. The van der Waals surface area contributed by atoms with Crippen molar-refractivity contribution in [3.8, 4) is 28.5 Å². The molecule has 0 saturated carbocycles. The molecule has 8 rings (SSSR count). The second-order valence-corrected chi connectivity index (χ2v) is 16.7. The highest BCUT2D eigenvalue weighted by Gasteiger charge is 2.26. The number of aryl methyl sites for hydroxylation is 2. The van der Waals surface area contributed by atoms with E-state index in [1.807, 2.05) is 0 Å². The van der Waals surface area contributed by atoms with Gasteiger partial charge in [-0.05, 0) is 72.7 Å². The van der Waals surface area contributed by atoms with Crippen LogP contribution in [0.5, 0.6) is 0 Å². The molecule has 0 amide bonds. The largest absolute Gasteiger partial charge is 0.307 e. The molecule has 0 fully saturated rings. The van der Waals surface area contributed by atoms with Crippen molar-refractivity contribution in [2.45, 2.75) is 104 Å². The van der Waals surface area contributed by atoms with Crippen LogP contribution in [0.25, 0.3) is 55.8 Å². The van der Waals surface area contributed by atoms with E-state index in [9.17, 15) is 0 Å². The number of hydrogen-bond donors (Lipinski definition) is 0. The number of para-hydroxylation sites is 2. The molecule has 0 radical (unpaired) electrons. The van der Waals surface area contributed by atoms with Crippen LogP contribution in [0.4, 0.5) is 11.6 Å². The van der Waals surface area contributed by atoms with Crippen molar-refractivity contribution in [3.05, 3.63) is 163 Å². The Hall–Kier alpha value is -6.07. The summed E-state index contributed by atoms with van der Waals surface area (Å²) < 4.78 is 2.40. The molecule has 310 valence electrons. The molecule has 0 aliphatic carbocycles. The van der Waals surface area contributed by atoms with Gasteiger partial charge in [-0.15, -0.1) is 0 Å². The van der Waals surface area contributed by atoms with E-state index >= 15 is 0 Å². The number of hydrogen-bond acceptors (Lipinski definition) is 4. The van der Waals surface area contributed by atoms with E-state index in [2.05, 4.69) is 169 Å². The lowest BCUT2D eigenvalue weighted by Gasteiger charge is -2.27. The van der Waals surface area contributed by atoms with Gasteiger partial charge in [0, 0.05) is 39.7 Å². The zero-order valence-electron chi connectivity index (χ0n) is 36.3. The molecule has 5 nitrogen and oxygen atoms in total. The first-order valence-corrected chi connectivity index (χ1v) is 23.0. The molecule has 1 aliphatic heterocycles. The lowest BCUT2D eigenvalue weighted by atomic mass is 10.0. The normalized spacial score (nSPS) is 13.9. The molecule has 0 spiro atoms. The molecule has 2 aromatic heterocycles. The monoisotopic (exact) mass is 803 g/mol. The van der Waals surface area contributed by atoms with Gasteiger partial charge in [0.25, 0.3) is 0 Å². The molecular weight excluding hydrogens is 743 g/mol. The van der Waals surface area contributed by atoms with E-state index < -0.39 is 0 Å². The minimum atomic E-state index is 0.555. The quantitative estimate of drug-likeness (QED) is 0.0811. The van der Waals surface area contributed by atoms with E-state index in [1.165, 1.54) is 98.9 Å². The van der Waals surface area contributed by atoms with Crippen molar-refractivity contribution in [2.75, 3.05) is 11.4 Å². The molecular formula is C56H61N5. The van der Waals surface area contributed by atoms with Gasteiger partial charge in [0.1, 0.15) is 0 Å². The third-order valence-corrected chi connectivity index (χ3v) is 12.1. The molecule has 5 aromatic carbocycles. The van der Waals surface area contributed by atoms with E-state index in [-0.39, 0.29) is 0 Å². The average molecular weight is 804 g/mol.